The molecule has 0 aliphatic rings. The third kappa shape index (κ3) is 3.73. The number of thiophene rings is 1. The van der Waals surface area contributed by atoms with E-state index in [1.165, 1.54) is 22.3 Å². The zero-order valence-electron chi connectivity index (χ0n) is 14.3. The van der Waals surface area contributed by atoms with E-state index in [4.69, 9.17) is 0 Å². The first-order chi connectivity index (χ1) is 12.3. The molecule has 0 aliphatic carbocycles. The predicted molar refractivity (Wildman–Crippen MR) is 106 cm³/mol. The summed E-state index contributed by atoms with van der Waals surface area (Å²) in [5.74, 6) is -0.429. The van der Waals surface area contributed by atoms with Crippen molar-refractivity contribution in [2.75, 3.05) is 24.3 Å². The number of hydrogen-bond donors (Lipinski definition) is 1. The molecule has 3 rings (SSSR count). The third-order valence-corrected chi connectivity index (χ3v) is 5.41. The van der Waals surface area contributed by atoms with Gasteiger partial charge in [0.25, 0.3) is 11.6 Å². The van der Waals surface area contributed by atoms with E-state index in [9.17, 15) is 14.9 Å². The molecule has 1 N–H and O–H groups in total. The Morgan fingerprint density at radius 2 is 2.04 bits per heavy atom. The number of aromatic nitrogens is 1. The minimum atomic E-state index is -0.493. The van der Waals surface area contributed by atoms with Gasteiger partial charge in [-0.3, -0.25) is 20.2 Å². The van der Waals surface area contributed by atoms with E-state index in [0.29, 0.717) is 10.8 Å². The highest BCUT2D eigenvalue weighted by atomic mass is 32.1. The van der Waals surface area contributed by atoms with Gasteiger partial charge in [0, 0.05) is 36.0 Å². The van der Waals surface area contributed by atoms with E-state index in [1.54, 1.807) is 42.5 Å². The fraction of sp³-hybridized carbons (Fsp3) is 0.176. The Bertz CT molecular complexity index is 978. The number of hydrogen-bond acceptors (Lipinski definition) is 7. The number of amides is 1. The van der Waals surface area contributed by atoms with Crippen LogP contribution in [0.2, 0.25) is 0 Å². The van der Waals surface area contributed by atoms with Gasteiger partial charge in [-0.25, -0.2) is 4.98 Å². The number of carbonyl (C=O) groups excluding carboxylic acids is 1. The number of nitrogens with zero attached hydrogens (tertiary/aromatic N) is 3. The van der Waals surface area contributed by atoms with E-state index >= 15 is 0 Å². The molecule has 26 heavy (non-hydrogen) atoms. The predicted octanol–water partition coefficient (Wildman–Crippen LogP) is 4.41. The van der Waals surface area contributed by atoms with Crippen molar-refractivity contribution < 1.29 is 9.72 Å². The minimum absolute atomic E-state index is 0.114. The molecule has 0 fully saturated rings. The molecule has 0 saturated heterocycles. The van der Waals surface area contributed by atoms with Gasteiger partial charge in [-0.2, -0.15) is 0 Å². The van der Waals surface area contributed by atoms with E-state index in [2.05, 4.69) is 10.3 Å². The van der Waals surface area contributed by atoms with E-state index < -0.39 is 10.8 Å². The van der Waals surface area contributed by atoms with Gasteiger partial charge >= 0.3 is 0 Å². The lowest BCUT2D eigenvalue weighted by molar-refractivity contribution is -0.384. The molecule has 0 aliphatic heterocycles. The second-order valence-corrected chi connectivity index (χ2v) is 7.90. The van der Waals surface area contributed by atoms with Gasteiger partial charge in [-0.05, 0) is 31.2 Å². The maximum atomic E-state index is 12.4. The average molecular weight is 388 g/mol. The Hall–Kier alpha value is -2.78. The van der Waals surface area contributed by atoms with Crippen molar-refractivity contribution in [3.05, 3.63) is 56.3 Å². The van der Waals surface area contributed by atoms with Crippen molar-refractivity contribution in [2.24, 2.45) is 0 Å². The monoisotopic (exact) mass is 388 g/mol. The molecule has 2 heterocycles. The van der Waals surface area contributed by atoms with Gasteiger partial charge in [-0.1, -0.05) is 0 Å². The van der Waals surface area contributed by atoms with Crippen LogP contribution in [0, 0.1) is 17.0 Å². The van der Waals surface area contributed by atoms with Crippen LogP contribution in [-0.2, 0) is 0 Å². The van der Waals surface area contributed by atoms with Crippen molar-refractivity contribution in [2.45, 2.75) is 6.92 Å². The highest BCUT2D eigenvalue weighted by Crippen LogP contribution is 2.31. The number of aryl methyl sites for hydroxylation is 1. The number of nitrogens with one attached hydrogen (secondary N) is 1. The SMILES string of the molecule is Cc1ccc(-c2csc(NC(=O)c3ccc(N(C)C)c([N+](=O)[O-])c3)n2)s1. The number of nitro benzene ring substituents is 1. The standard InChI is InChI=1S/C17H16N4O3S2/c1-10-4-7-15(26-10)12-9-25-17(18-12)19-16(22)11-5-6-13(20(2)3)14(8-11)21(23)24/h4-9H,1-3H3,(H,18,19,22). The zero-order chi connectivity index (χ0) is 18.8. The van der Waals surface area contributed by atoms with Crippen LogP contribution >= 0.6 is 22.7 Å². The van der Waals surface area contributed by atoms with Gasteiger partial charge in [0.2, 0.25) is 0 Å². The molecular formula is C17H16N4O3S2. The van der Waals surface area contributed by atoms with Gasteiger partial charge in [0.05, 0.1) is 15.5 Å². The molecule has 1 aromatic carbocycles. The molecule has 3 aromatic rings. The normalized spacial score (nSPS) is 10.6. The first kappa shape index (κ1) is 18.0. The lowest BCUT2D eigenvalue weighted by Crippen LogP contribution is -2.14. The van der Waals surface area contributed by atoms with Crippen LogP contribution in [0.1, 0.15) is 15.2 Å². The average Bonchev–Trinajstić information content (AvgIpc) is 3.23. The molecule has 134 valence electrons. The first-order valence-electron chi connectivity index (χ1n) is 7.64. The fourth-order valence-electron chi connectivity index (χ4n) is 2.37. The molecule has 0 atom stereocenters. The third-order valence-electron chi connectivity index (χ3n) is 3.63. The Morgan fingerprint density at radius 3 is 2.65 bits per heavy atom. The highest BCUT2D eigenvalue weighted by Gasteiger charge is 2.19. The Morgan fingerprint density at radius 1 is 1.27 bits per heavy atom. The summed E-state index contributed by atoms with van der Waals surface area (Å²) in [7, 11) is 3.43. The largest absolute Gasteiger partial charge is 0.372 e. The molecule has 0 unspecified atom stereocenters. The van der Waals surface area contributed by atoms with Gasteiger partial charge in [-0.15, -0.1) is 22.7 Å². The number of rotatable bonds is 5. The highest BCUT2D eigenvalue weighted by molar-refractivity contribution is 7.17. The number of carbonyl (C=O) groups is 1. The number of anilines is 2. The summed E-state index contributed by atoms with van der Waals surface area (Å²) in [5, 5.41) is 16.3. The lowest BCUT2D eigenvalue weighted by atomic mass is 10.1. The molecule has 1 amide bonds. The molecule has 9 heteroatoms. The summed E-state index contributed by atoms with van der Waals surface area (Å²) in [6, 6.07) is 8.42. The molecule has 0 radical (unpaired) electrons. The van der Waals surface area contributed by atoms with Gasteiger partial charge in [0.15, 0.2) is 5.13 Å². The van der Waals surface area contributed by atoms with Crippen LogP contribution in [0.25, 0.3) is 10.6 Å². The molecule has 0 spiro atoms. The summed E-state index contributed by atoms with van der Waals surface area (Å²) in [6.45, 7) is 2.02. The van der Waals surface area contributed by atoms with Crippen molar-refractivity contribution in [3.8, 4) is 10.6 Å². The first-order valence-corrected chi connectivity index (χ1v) is 9.34. The lowest BCUT2D eigenvalue weighted by Gasteiger charge is -2.13. The second kappa shape index (κ2) is 7.22. The summed E-state index contributed by atoms with van der Waals surface area (Å²) >= 11 is 2.95. The van der Waals surface area contributed by atoms with Crippen LogP contribution in [0.15, 0.2) is 35.7 Å². The zero-order valence-corrected chi connectivity index (χ0v) is 16.0. The summed E-state index contributed by atoms with van der Waals surface area (Å²) in [4.78, 5) is 31.5. The van der Waals surface area contributed by atoms with E-state index in [0.717, 1.165) is 10.6 Å². The van der Waals surface area contributed by atoms with Crippen molar-refractivity contribution in [1.29, 1.82) is 0 Å². The van der Waals surface area contributed by atoms with Crippen molar-refractivity contribution in [3.63, 3.8) is 0 Å². The Labute approximate surface area is 158 Å². The van der Waals surface area contributed by atoms with Crippen LogP contribution in [0.4, 0.5) is 16.5 Å². The van der Waals surface area contributed by atoms with Crippen LogP contribution < -0.4 is 10.2 Å². The maximum Gasteiger partial charge on any atom is 0.293 e. The molecule has 2 aromatic heterocycles. The number of benzene rings is 1. The Kier molecular flexibility index (Phi) is 5.01. The topological polar surface area (TPSA) is 88.4 Å². The van der Waals surface area contributed by atoms with Gasteiger partial charge < -0.3 is 4.90 Å². The molecule has 0 bridgehead atoms. The Balaban J connectivity index is 1.81. The van der Waals surface area contributed by atoms with Crippen LogP contribution in [0.3, 0.4) is 0 Å². The van der Waals surface area contributed by atoms with Crippen LogP contribution in [0.5, 0.6) is 0 Å². The van der Waals surface area contributed by atoms with Crippen molar-refractivity contribution >= 4 is 45.1 Å². The molecule has 0 saturated carbocycles. The maximum absolute atomic E-state index is 12.4. The van der Waals surface area contributed by atoms with E-state index in [-0.39, 0.29) is 11.3 Å². The summed E-state index contributed by atoms with van der Waals surface area (Å²) < 4.78 is 0. The second-order valence-electron chi connectivity index (χ2n) is 5.76. The van der Waals surface area contributed by atoms with E-state index in [1.807, 2.05) is 24.4 Å². The number of nitro groups is 1. The smallest absolute Gasteiger partial charge is 0.293 e. The minimum Gasteiger partial charge on any atom is -0.372 e. The summed E-state index contributed by atoms with van der Waals surface area (Å²) in [5.41, 5.74) is 1.34. The van der Waals surface area contributed by atoms with Gasteiger partial charge in [0.1, 0.15) is 5.69 Å². The molecule has 7 nitrogen and oxygen atoms in total. The summed E-state index contributed by atoms with van der Waals surface area (Å²) in [6.07, 6.45) is 0. The van der Waals surface area contributed by atoms with Crippen LogP contribution in [-0.4, -0.2) is 29.9 Å². The fourth-order valence-corrected chi connectivity index (χ4v) is 3.98. The number of thiazole rings is 1. The molecular weight excluding hydrogens is 372 g/mol. The quantitative estimate of drug-likeness (QED) is 0.517. The van der Waals surface area contributed by atoms with Crippen molar-refractivity contribution in [1.82, 2.24) is 4.98 Å².